The summed E-state index contributed by atoms with van der Waals surface area (Å²) in [5, 5.41) is 3.22. The number of carbonyl (C=O) groups is 2. The molecule has 0 bridgehead atoms. The van der Waals surface area contributed by atoms with Crippen molar-refractivity contribution < 1.29 is 14.3 Å². The molecule has 1 aliphatic heterocycles. The highest BCUT2D eigenvalue weighted by molar-refractivity contribution is 6.30. The molecule has 2 rings (SSSR count). The first kappa shape index (κ1) is 13.8. The van der Waals surface area contributed by atoms with Gasteiger partial charge in [0.05, 0.1) is 13.2 Å². The summed E-state index contributed by atoms with van der Waals surface area (Å²) in [6.45, 7) is 1.99. The van der Waals surface area contributed by atoms with Crippen molar-refractivity contribution in [2.75, 3.05) is 13.7 Å². The molecule has 1 aromatic carbocycles. The predicted molar refractivity (Wildman–Crippen MR) is 70.8 cm³/mol. The Kier molecular flexibility index (Phi) is 3.78. The Labute approximate surface area is 116 Å². The van der Waals surface area contributed by atoms with Gasteiger partial charge < -0.3 is 10.1 Å². The van der Waals surface area contributed by atoms with Gasteiger partial charge in [-0.15, -0.1) is 0 Å². The number of carbonyl (C=O) groups excluding carboxylic acids is 2. The van der Waals surface area contributed by atoms with Crippen LogP contribution in [0.15, 0.2) is 24.3 Å². The van der Waals surface area contributed by atoms with E-state index in [-0.39, 0.29) is 19.1 Å². The average molecular weight is 283 g/mol. The van der Waals surface area contributed by atoms with Crippen molar-refractivity contribution in [2.45, 2.75) is 19.0 Å². The molecule has 6 heteroatoms. The minimum Gasteiger partial charge on any atom is -0.382 e. The number of ether oxygens (including phenoxy) is 1. The first-order valence-corrected chi connectivity index (χ1v) is 6.21. The van der Waals surface area contributed by atoms with Gasteiger partial charge in [-0.2, -0.15) is 0 Å². The Balaban J connectivity index is 2.17. The van der Waals surface area contributed by atoms with E-state index in [1.165, 1.54) is 12.0 Å². The highest BCUT2D eigenvalue weighted by Crippen LogP contribution is 2.21. The second-order valence-electron chi connectivity index (χ2n) is 4.72. The van der Waals surface area contributed by atoms with E-state index < -0.39 is 11.6 Å². The third-order valence-corrected chi connectivity index (χ3v) is 3.24. The number of urea groups is 1. The van der Waals surface area contributed by atoms with Gasteiger partial charge in [-0.3, -0.25) is 9.69 Å². The minimum absolute atomic E-state index is 0.142. The zero-order chi connectivity index (χ0) is 14.0. The number of methoxy groups -OCH3 is 1. The summed E-state index contributed by atoms with van der Waals surface area (Å²) in [7, 11) is 1.49. The molecule has 5 nitrogen and oxygen atoms in total. The summed E-state index contributed by atoms with van der Waals surface area (Å²) in [5.41, 5.74) is -0.192. The van der Waals surface area contributed by atoms with Crippen LogP contribution < -0.4 is 5.32 Å². The van der Waals surface area contributed by atoms with Crippen LogP contribution in [0.1, 0.15) is 12.5 Å². The highest BCUT2D eigenvalue weighted by Gasteiger charge is 2.47. The molecule has 1 N–H and O–H groups in total. The summed E-state index contributed by atoms with van der Waals surface area (Å²) in [5.74, 6) is -0.292. The molecule has 0 radical (unpaired) electrons. The summed E-state index contributed by atoms with van der Waals surface area (Å²) in [6.07, 6.45) is 0. The van der Waals surface area contributed by atoms with Crippen LogP contribution in [-0.4, -0.2) is 36.1 Å². The molecule has 0 aromatic heterocycles. The van der Waals surface area contributed by atoms with Crippen LogP contribution in [0, 0.1) is 0 Å². The first-order valence-electron chi connectivity index (χ1n) is 5.84. The number of hydrogen-bond acceptors (Lipinski definition) is 3. The number of imide groups is 1. The second kappa shape index (κ2) is 5.19. The number of rotatable bonds is 4. The van der Waals surface area contributed by atoms with Gasteiger partial charge in [0.2, 0.25) is 0 Å². The molecule has 1 saturated heterocycles. The summed E-state index contributed by atoms with van der Waals surface area (Å²) < 4.78 is 4.98. The number of amides is 3. The lowest BCUT2D eigenvalue weighted by Crippen LogP contribution is -2.47. The number of halogens is 1. The fourth-order valence-electron chi connectivity index (χ4n) is 2.10. The van der Waals surface area contributed by atoms with Crippen LogP contribution in [0.5, 0.6) is 0 Å². The lowest BCUT2D eigenvalue weighted by molar-refractivity contribution is -0.132. The van der Waals surface area contributed by atoms with Crippen molar-refractivity contribution in [3.63, 3.8) is 0 Å². The maximum Gasteiger partial charge on any atom is 0.325 e. The van der Waals surface area contributed by atoms with Gasteiger partial charge in [0.25, 0.3) is 5.91 Å². The third kappa shape index (κ3) is 2.72. The van der Waals surface area contributed by atoms with Crippen molar-refractivity contribution in [3.8, 4) is 0 Å². The Morgan fingerprint density at radius 1 is 1.42 bits per heavy atom. The molecule has 19 heavy (non-hydrogen) atoms. The number of hydrogen-bond donors (Lipinski definition) is 1. The average Bonchev–Trinajstić information content (AvgIpc) is 2.54. The van der Waals surface area contributed by atoms with Gasteiger partial charge in [0, 0.05) is 12.1 Å². The van der Waals surface area contributed by atoms with E-state index in [1.807, 2.05) is 6.07 Å². The van der Waals surface area contributed by atoms with Gasteiger partial charge in [-0.1, -0.05) is 23.7 Å². The molecular weight excluding hydrogens is 268 g/mol. The van der Waals surface area contributed by atoms with Crippen LogP contribution in [0.2, 0.25) is 5.02 Å². The van der Waals surface area contributed by atoms with E-state index in [1.54, 1.807) is 25.1 Å². The van der Waals surface area contributed by atoms with E-state index in [0.29, 0.717) is 5.02 Å². The molecule has 0 aliphatic carbocycles. The van der Waals surface area contributed by atoms with Gasteiger partial charge in [-0.25, -0.2) is 4.79 Å². The van der Waals surface area contributed by atoms with Crippen LogP contribution >= 0.6 is 11.6 Å². The topological polar surface area (TPSA) is 58.6 Å². The fraction of sp³-hybridized carbons (Fsp3) is 0.385. The van der Waals surface area contributed by atoms with Gasteiger partial charge in [0.1, 0.15) is 5.54 Å². The Hall–Kier alpha value is -1.59. The maximum absolute atomic E-state index is 12.2. The lowest BCUT2D eigenvalue weighted by atomic mass is 10.0. The monoisotopic (exact) mass is 282 g/mol. The SMILES string of the molecule is COCC1(C)NC(=O)N(Cc2cccc(Cl)c2)C1=O. The molecule has 0 saturated carbocycles. The Morgan fingerprint density at radius 2 is 2.16 bits per heavy atom. The molecule has 0 spiro atoms. The van der Waals surface area contributed by atoms with Gasteiger partial charge >= 0.3 is 6.03 Å². The van der Waals surface area contributed by atoms with E-state index >= 15 is 0 Å². The smallest absolute Gasteiger partial charge is 0.325 e. The Morgan fingerprint density at radius 3 is 2.79 bits per heavy atom. The quantitative estimate of drug-likeness (QED) is 0.857. The standard InChI is InChI=1S/C13H15ClN2O3/c1-13(8-19-2)11(17)16(12(18)15-13)7-9-4-3-5-10(14)6-9/h3-6H,7-8H2,1-2H3,(H,15,18). The molecule has 1 heterocycles. The van der Waals surface area contributed by atoms with Gasteiger partial charge in [-0.05, 0) is 24.6 Å². The summed E-state index contributed by atoms with van der Waals surface area (Å²) in [4.78, 5) is 25.3. The Bertz CT molecular complexity index is 520. The first-order chi connectivity index (χ1) is 8.96. The summed E-state index contributed by atoms with van der Waals surface area (Å²) >= 11 is 5.88. The van der Waals surface area contributed by atoms with Crippen molar-refractivity contribution in [1.82, 2.24) is 10.2 Å². The van der Waals surface area contributed by atoms with E-state index in [9.17, 15) is 9.59 Å². The van der Waals surface area contributed by atoms with Crippen molar-refractivity contribution in [1.29, 1.82) is 0 Å². The van der Waals surface area contributed by atoms with E-state index in [0.717, 1.165) is 5.56 Å². The number of benzene rings is 1. The normalized spacial score (nSPS) is 22.8. The van der Waals surface area contributed by atoms with E-state index in [4.69, 9.17) is 16.3 Å². The molecule has 3 amide bonds. The molecular formula is C13H15ClN2O3. The maximum atomic E-state index is 12.2. The molecule has 1 unspecified atom stereocenters. The zero-order valence-corrected chi connectivity index (χ0v) is 11.5. The number of nitrogens with zero attached hydrogens (tertiary/aromatic N) is 1. The third-order valence-electron chi connectivity index (χ3n) is 3.01. The van der Waals surface area contributed by atoms with Crippen LogP contribution in [0.4, 0.5) is 4.79 Å². The largest absolute Gasteiger partial charge is 0.382 e. The molecule has 102 valence electrons. The van der Waals surface area contributed by atoms with Crippen LogP contribution in [0.25, 0.3) is 0 Å². The van der Waals surface area contributed by atoms with Crippen molar-refractivity contribution in [2.24, 2.45) is 0 Å². The fourth-order valence-corrected chi connectivity index (χ4v) is 2.31. The van der Waals surface area contributed by atoms with Crippen molar-refractivity contribution in [3.05, 3.63) is 34.9 Å². The van der Waals surface area contributed by atoms with Gasteiger partial charge in [0.15, 0.2) is 0 Å². The number of nitrogens with one attached hydrogen (secondary N) is 1. The lowest BCUT2D eigenvalue weighted by Gasteiger charge is -2.20. The molecule has 1 fully saturated rings. The van der Waals surface area contributed by atoms with Crippen molar-refractivity contribution >= 4 is 23.5 Å². The zero-order valence-electron chi connectivity index (χ0n) is 10.8. The minimum atomic E-state index is -0.996. The molecule has 1 aliphatic rings. The predicted octanol–water partition coefficient (Wildman–Crippen LogP) is 1.80. The van der Waals surface area contributed by atoms with E-state index in [2.05, 4.69) is 5.32 Å². The van der Waals surface area contributed by atoms with Crippen LogP contribution in [0.3, 0.4) is 0 Å². The van der Waals surface area contributed by atoms with Crippen LogP contribution in [-0.2, 0) is 16.1 Å². The second-order valence-corrected chi connectivity index (χ2v) is 5.15. The molecule has 1 aromatic rings. The summed E-state index contributed by atoms with van der Waals surface area (Å²) in [6, 6.07) is 6.66. The highest BCUT2D eigenvalue weighted by atomic mass is 35.5. The molecule has 1 atom stereocenters.